The van der Waals surface area contributed by atoms with Crippen molar-refractivity contribution in [2.45, 2.75) is 25.0 Å². The highest BCUT2D eigenvalue weighted by Crippen LogP contribution is 2.14. The van der Waals surface area contributed by atoms with Crippen molar-refractivity contribution in [1.29, 1.82) is 0 Å². The normalized spacial score (nSPS) is 10.6. The monoisotopic (exact) mass is 352 g/mol. The lowest BCUT2D eigenvalue weighted by atomic mass is 10.1. The van der Waals surface area contributed by atoms with Crippen LogP contribution in [0.15, 0.2) is 72.1 Å². The lowest BCUT2D eigenvalue weighted by Gasteiger charge is -2.05. The van der Waals surface area contributed by atoms with E-state index in [0.29, 0.717) is 5.75 Å². The van der Waals surface area contributed by atoms with E-state index in [-0.39, 0.29) is 5.91 Å². The summed E-state index contributed by atoms with van der Waals surface area (Å²) in [5, 5.41) is 3.91. The van der Waals surface area contributed by atoms with Gasteiger partial charge in [0.05, 0.1) is 5.75 Å². The van der Waals surface area contributed by atoms with Gasteiger partial charge in [0, 0.05) is 5.69 Å². The van der Waals surface area contributed by atoms with Crippen LogP contribution in [0.3, 0.4) is 0 Å². The molecule has 0 bridgehead atoms. The third-order valence-electron chi connectivity index (χ3n) is 3.90. The number of carbonyl (C=O) groups excluding carboxylic acids is 1. The molecule has 25 heavy (non-hydrogen) atoms. The Balaban J connectivity index is 1.54. The second kappa shape index (κ2) is 8.53. The van der Waals surface area contributed by atoms with Gasteiger partial charge in [-0.25, -0.2) is 9.55 Å². The van der Waals surface area contributed by atoms with Gasteiger partial charge in [-0.2, -0.15) is 0 Å². The van der Waals surface area contributed by atoms with E-state index < -0.39 is 0 Å². The molecule has 4 nitrogen and oxygen atoms in total. The number of aryl methyl sites for hydroxylation is 1. The van der Waals surface area contributed by atoms with Gasteiger partial charge in [0.1, 0.15) is 18.9 Å². The molecule has 3 rings (SSSR count). The van der Waals surface area contributed by atoms with Crippen LogP contribution in [0.2, 0.25) is 0 Å². The highest BCUT2D eigenvalue weighted by molar-refractivity contribution is 7.99. The third kappa shape index (κ3) is 4.97. The number of H-pyrrole nitrogens is 1. The van der Waals surface area contributed by atoms with Gasteiger partial charge in [0.15, 0.2) is 0 Å². The quantitative estimate of drug-likeness (QED) is 0.504. The highest BCUT2D eigenvalue weighted by Gasteiger charge is 2.14. The molecule has 1 amide bonds. The summed E-state index contributed by atoms with van der Waals surface area (Å²) >= 11 is 1.50. The van der Waals surface area contributed by atoms with Crippen LogP contribution in [0.1, 0.15) is 18.1 Å². The maximum Gasteiger partial charge on any atom is 0.316 e. The minimum absolute atomic E-state index is 0.00453. The smallest absolute Gasteiger partial charge is 0.316 e. The van der Waals surface area contributed by atoms with Gasteiger partial charge in [0.25, 0.3) is 0 Å². The molecule has 0 atom stereocenters. The lowest BCUT2D eigenvalue weighted by Crippen LogP contribution is -2.34. The number of hydrogen-bond acceptors (Lipinski definition) is 2. The summed E-state index contributed by atoms with van der Waals surface area (Å²) in [5.41, 5.74) is 3.33. The number of nitrogens with one attached hydrogen (secondary N) is 2. The van der Waals surface area contributed by atoms with Crippen LogP contribution in [0, 0.1) is 0 Å². The second-order valence-electron chi connectivity index (χ2n) is 5.77. The number of carbonyl (C=O) groups is 1. The zero-order valence-corrected chi connectivity index (χ0v) is 15.1. The van der Waals surface area contributed by atoms with Crippen molar-refractivity contribution < 1.29 is 9.36 Å². The fraction of sp³-hybridized carbons (Fsp3) is 0.200. The Labute approximate surface area is 152 Å². The van der Waals surface area contributed by atoms with E-state index in [1.807, 2.05) is 54.9 Å². The first-order valence-electron chi connectivity index (χ1n) is 8.37. The predicted octanol–water partition coefficient (Wildman–Crippen LogP) is 3.64. The molecule has 1 heterocycles. The average Bonchev–Trinajstić information content (AvgIpc) is 3.08. The lowest BCUT2D eigenvalue weighted by molar-refractivity contribution is -0.723. The first kappa shape index (κ1) is 17.3. The number of thioether (sulfide) groups is 1. The molecule has 0 saturated heterocycles. The number of imidazole rings is 1. The van der Waals surface area contributed by atoms with Gasteiger partial charge in [-0.05, 0) is 41.4 Å². The van der Waals surface area contributed by atoms with E-state index in [1.165, 1.54) is 22.9 Å². The zero-order chi connectivity index (χ0) is 17.5. The van der Waals surface area contributed by atoms with Crippen molar-refractivity contribution in [1.82, 2.24) is 4.98 Å². The van der Waals surface area contributed by atoms with Gasteiger partial charge in [-0.1, -0.05) is 49.4 Å². The van der Waals surface area contributed by atoms with E-state index in [0.717, 1.165) is 23.8 Å². The summed E-state index contributed by atoms with van der Waals surface area (Å²) in [6.07, 6.45) is 4.89. The van der Waals surface area contributed by atoms with Crippen LogP contribution < -0.4 is 9.88 Å². The SMILES string of the molecule is CCc1ccc(NC(=O)CSc2[nH]cc[n+]2Cc2ccccc2)cc1. The van der Waals surface area contributed by atoms with E-state index in [4.69, 9.17) is 0 Å². The van der Waals surface area contributed by atoms with Gasteiger partial charge in [0.2, 0.25) is 5.91 Å². The van der Waals surface area contributed by atoms with Crippen LogP contribution in [-0.2, 0) is 17.8 Å². The maximum absolute atomic E-state index is 12.2. The number of amides is 1. The van der Waals surface area contributed by atoms with Crippen molar-refractivity contribution in [3.05, 3.63) is 78.1 Å². The summed E-state index contributed by atoms with van der Waals surface area (Å²) < 4.78 is 2.11. The van der Waals surface area contributed by atoms with Crippen molar-refractivity contribution in [3.8, 4) is 0 Å². The Morgan fingerprint density at radius 3 is 2.56 bits per heavy atom. The summed E-state index contributed by atoms with van der Waals surface area (Å²) in [6, 6.07) is 18.3. The molecule has 0 spiro atoms. The molecule has 1 aromatic heterocycles. The summed E-state index contributed by atoms with van der Waals surface area (Å²) in [4.78, 5) is 15.4. The number of aromatic amines is 1. The molecule has 128 valence electrons. The number of hydrogen-bond donors (Lipinski definition) is 2. The fourth-order valence-electron chi connectivity index (χ4n) is 2.53. The molecule has 3 aromatic rings. The van der Waals surface area contributed by atoms with Gasteiger partial charge < -0.3 is 5.32 Å². The number of aromatic nitrogens is 2. The molecule has 2 aromatic carbocycles. The molecular formula is C20H22N3OS+. The highest BCUT2D eigenvalue weighted by atomic mass is 32.2. The van der Waals surface area contributed by atoms with Crippen molar-refractivity contribution in [3.63, 3.8) is 0 Å². The standard InChI is InChI=1S/C20H21N3OS/c1-2-16-8-10-18(11-9-16)22-19(24)15-25-20-21-12-13-23(20)14-17-6-4-3-5-7-17/h3-13H,2,14-15H2,1H3,(H,22,24)/p+1. The topological polar surface area (TPSA) is 48.8 Å². The van der Waals surface area contributed by atoms with Crippen LogP contribution >= 0.6 is 11.8 Å². The number of benzene rings is 2. The van der Waals surface area contributed by atoms with Gasteiger partial charge in [-0.15, -0.1) is 0 Å². The van der Waals surface area contributed by atoms with E-state index in [2.05, 4.69) is 33.9 Å². The maximum atomic E-state index is 12.2. The Bertz CT molecular complexity index is 812. The minimum atomic E-state index is -0.00453. The van der Waals surface area contributed by atoms with Gasteiger partial charge in [-0.3, -0.25) is 4.79 Å². The molecule has 5 heteroatoms. The molecular weight excluding hydrogens is 330 g/mol. The minimum Gasteiger partial charge on any atom is -0.325 e. The van der Waals surface area contributed by atoms with E-state index in [1.54, 1.807) is 0 Å². The molecule has 0 saturated carbocycles. The van der Waals surface area contributed by atoms with Crippen LogP contribution in [-0.4, -0.2) is 16.6 Å². The molecule has 0 unspecified atom stereocenters. The van der Waals surface area contributed by atoms with Crippen molar-refractivity contribution in [2.75, 3.05) is 11.1 Å². The molecule has 0 radical (unpaired) electrons. The van der Waals surface area contributed by atoms with Crippen molar-refractivity contribution >= 4 is 23.4 Å². The number of rotatable bonds is 7. The number of anilines is 1. The first-order chi connectivity index (χ1) is 12.2. The predicted molar refractivity (Wildman–Crippen MR) is 102 cm³/mol. The molecule has 2 N–H and O–H groups in total. The second-order valence-corrected chi connectivity index (χ2v) is 6.73. The van der Waals surface area contributed by atoms with Crippen LogP contribution in [0.25, 0.3) is 0 Å². The fourth-order valence-corrected chi connectivity index (χ4v) is 3.32. The number of nitrogens with zero attached hydrogens (tertiary/aromatic N) is 1. The average molecular weight is 352 g/mol. The molecule has 0 aliphatic rings. The van der Waals surface area contributed by atoms with Crippen LogP contribution in [0.5, 0.6) is 0 Å². The van der Waals surface area contributed by atoms with Crippen LogP contribution in [0.4, 0.5) is 5.69 Å². The largest absolute Gasteiger partial charge is 0.325 e. The first-order valence-corrected chi connectivity index (χ1v) is 9.35. The summed E-state index contributed by atoms with van der Waals surface area (Å²) in [6.45, 7) is 2.90. The molecule has 0 aliphatic heterocycles. The van der Waals surface area contributed by atoms with Gasteiger partial charge >= 0.3 is 5.16 Å². The summed E-state index contributed by atoms with van der Waals surface area (Å²) in [5.74, 6) is 0.361. The Morgan fingerprint density at radius 2 is 1.84 bits per heavy atom. The molecule has 0 aliphatic carbocycles. The molecule has 0 fully saturated rings. The Hall–Kier alpha value is -2.53. The Morgan fingerprint density at radius 1 is 1.08 bits per heavy atom. The van der Waals surface area contributed by atoms with E-state index in [9.17, 15) is 4.79 Å². The van der Waals surface area contributed by atoms with E-state index >= 15 is 0 Å². The van der Waals surface area contributed by atoms with Crippen molar-refractivity contribution in [2.24, 2.45) is 0 Å². The third-order valence-corrected chi connectivity index (χ3v) is 4.94. The zero-order valence-electron chi connectivity index (χ0n) is 14.2. The summed E-state index contributed by atoms with van der Waals surface area (Å²) in [7, 11) is 0. The Kier molecular flexibility index (Phi) is 5.90.